The zero-order valence-corrected chi connectivity index (χ0v) is 19.7. The normalized spacial score (nSPS) is 20.0. The lowest BCUT2D eigenvalue weighted by molar-refractivity contribution is -0.138. The Labute approximate surface area is 188 Å². The molecule has 1 aliphatic rings. The molecule has 1 aliphatic carbocycles. The number of ether oxygens (including phenoxy) is 1. The van der Waals surface area contributed by atoms with Gasteiger partial charge in [-0.1, -0.05) is 0 Å². The van der Waals surface area contributed by atoms with Gasteiger partial charge < -0.3 is 14.5 Å². The van der Waals surface area contributed by atoms with Gasteiger partial charge >= 0.3 is 6.18 Å². The number of hydrogen-bond acceptors (Lipinski definition) is 5. The third-order valence-electron chi connectivity index (χ3n) is 5.77. The molecule has 0 radical (unpaired) electrons. The van der Waals surface area contributed by atoms with Gasteiger partial charge in [0.2, 0.25) is 15.9 Å². The summed E-state index contributed by atoms with van der Waals surface area (Å²) in [4.78, 5) is 15.6. The quantitative estimate of drug-likeness (QED) is 0.545. The summed E-state index contributed by atoms with van der Waals surface area (Å²) in [6.07, 6.45) is -2.34. The van der Waals surface area contributed by atoms with Crippen molar-refractivity contribution in [2.45, 2.75) is 48.9 Å². The summed E-state index contributed by atoms with van der Waals surface area (Å²) in [6.45, 7) is 1.35. The van der Waals surface area contributed by atoms with Crippen molar-refractivity contribution in [1.82, 2.24) is 14.1 Å². The standard InChI is InChI=1S/C21H32F3N3O4S/c1-25(2)13-14-26(3)20(28)15-31-18-9-7-17(8-10-18)27(4)32(29,30)19-11-5-16(6-12-19)21(22,23)24/h5-6,11-12,17-18H,7-10,13-15H2,1-4H3. The smallest absolute Gasteiger partial charge is 0.368 e. The second kappa shape index (κ2) is 11.0. The van der Waals surface area contributed by atoms with E-state index >= 15 is 0 Å². The van der Waals surface area contributed by atoms with Gasteiger partial charge in [0.05, 0.1) is 16.6 Å². The molecule has 0 saturated heterocycles. The minimum atomic E-state index is -4.52. The Morgan fingerprint density at radius 3 is 2.06 bits per heavy atom. The maximum atomic E-state index is 12.8. The maximum Gasteiger partial charge on any atom is 0.416 e. The summed E-state index contributed by atoms with van der Waals surface area (Å²) < 4.78 is 70.8. The van der Waals surface area contributed by atoms with Gasteiger partial charge in [0.15, 0.2) is 0 Å². The molecule has 1 aromatic rings. The van der Waals surface area contributed by atoms with E-state index in [9.17, 15) is 26.4 Å². The number of carbonyl (C=O) groups excluding carboxylic acids is 1. The fraction of sp³-hybridized carbons (Fsp3) is 0.667. The topological polar surface area (TPSA) is 70.2 Å². The van der Waals surface area contributed by atoms with Crippen LogP contribution in [0.25, 0.3) is 0 Å². The van der Waals surface area contributed by atoms with E-state index in [1.54, 1.807) is 11.9 Å². The minimum Gasteiger partial charge on any atom is -0.368 e. The van der Waals surface area contributed by atoms with Crippen LogP contribution in [-0.4, -0.2) is 88.5 Å². The van der Waals surface area contributed by atoms with Gasteiger partial charge in [0.1, 0.15) is 6.61 Å². The number of hydrogen-bond donors (Lipinski definition) is 0. The van der Waals surface area contributed by atoms with Crippen molar-refractivity contribution >= 4 is 15.9 Å². The lowest BCUT2D eigenvalue weighted by Crippen LogP contribution is -2.41. The van der Waals surface area contributed by atoms with Crippen LogP contribution in [-0.2, 0) is 25.7 Å². The molecule has 1 aromatic carbocycles. The first kappa shape index (κ1) is 26.6. The highest BCUT2D eigenvalue weighted by molar-refractivity contribution is 7.89. The SMILES string of the molecule is CN(C)CCN(C)C(=O)COC1CCC(N(C)S(=O)(=O)c2ccc(C(F)(F)F)cc2)CC1. The van der Waals surface area contributed by atoms with Crippen LogP contribution in [0.1, 0.15) is 31.2 Å². The number of rotatable bonds is 9. The molecule has 0 spiro atoms. The van der Waals surface area contributed by atoms with Crippen LogP contribution in [0, 0.1) is 0 Å². The fourth-order valence-electron chi connectivity index (χ4n) is 3.53. The number of likely N-dealkylation sites (N-methyl/N-ethyl adjacent to an activating group) is 2. The summed E-state index contributed by atoms with van der Waals surface area (Å²) in [5.74, 6) is -0.101. The van der Waals surface area contributed by atoms with Crippen molar-refractivity contribution in [3.05, 3.63) is 29.8 Å². The first-order valence-corrected chi connectivity index (χ1v) is 11.9. The fourth-order valence-corrected chi connectivity index (χ4v) is 4.94. The Morgan fingerprint density at radius 2 is 1.56 bits per heavy atom. The summed E-state index contributed by atoms with van der Waals surface area (Å²) in [6, 6.07) is 3.25. The number of halogens is 3. The second-order valence-corrected chi connectivity index (χ2v) is 10.4. The molecule has 0 N–H and O–H groups in total. The summed E-state index contributed by atoms with van der Waals surface area (Å²) >= 11 is 0. The molecule has 182 valence electrons. The summed E-state index contributed by atoms with van der Waals surface area (Å²) in [5.41, 5.74) is -0.890. The zero-order valence-electron chi connectivity index (χ0n) is 18.9. The van der Waals surface area contributed by atoms with E-state index in [-0.39, 0.29) is 29.6 Å². The lowest BCUT2D eigenvalue weighted by atomic mass is 9.93. The van der Waals surface area contributed by atoms with Crippen molar-refractivity contribution in [3.8, 4) is 0 Å². The Hall–Kier alpha value is -1.69. The lowest BCUT2D eigenvalue weighted by Gasteiger charge is -2.34. The molecule has 0 unspecified atom stereocenters. The van der Waals surface area contributed by atoms with Crippen molar-refractivity contribution < 1.29 is 31.1 Å². The number of benzene rings is 1. The van der Waals surface area contributed by atoms with Crippen molar-refractivity contribution in [1.29, 1.82) is 0 Å². The van der Waals surface area contributed by atoms with Crippen LogP contribution in [0.2, 0.25) is 0 Å². The zero-order chi connectivity index (χ0) is 24.1. The van der Waals surface area contributed by atoms with Crippen LogP contribution in [0.5, 0.6) is 0 Å². The molecule has 32 heavy (non-hydrogen) atoms. The van der Waals surface area contributed by atoms with Crippen LogP contribution in [0.4, 0.5) is 13.2 Å². The van der Waals surface area contributed by atoms with E-state index in [1.807, 2.05) is 19.0 Å². The Morgan fingerprint density at radius 1 is 1.00 bits per heavy atom. The third-order valence-corrected chi connectivity index (χ3v) is 7.69. The van der Waals surface area contributed by atoms with E-state index in [1.165, 1.54) is 11.4 Å². The van der Waals surface area contributed by atoms with Crippen LogP contribution >= 0.6 is 0 Å². The Kier molecular flexibility index (Phi) is 9.09. The maximum absolute atomic E-state index is 12.8. The van der Waals surface area contributed by atoms with Gasteiger partial charge in [-0.2, -0.15) is 17.5 Å². The second-order valence-electron chi connectivity index (χ2n) is 8.40. The number of amides is 1. The molecule has 0 heterocycles. The minimum absolute atomic E-state index is 0.0149. The molecule has 1 amide bonds. The Balaban J connectivity index is 1.86. The highest BCUT2D eigenvalue weighted by atomic mass is 32.2. The van der Waals surface area contributed by atoms with Gasteiger partial charge in [-0.15, -0.1) is 0 Å². The highest BCUT2D eigenvalue weighted by Gasteiger charge is 2.34. The molecule has 0 aliphatic heterocycles. The summed E-state index contributed by atoms with van der Waals surface area (Å²) in [7, 11) is 3.13. The molecule has 0 atom stereocenters. The average Bonchev–Trinajstić information content (AvgIpc) is 2.75. The van der Waals surface area contributed by atoms with Gasteiger partial charge in [-0.05, 0) is 64.0 Å². The molecule has 1 saturated carbocycles. The van der Waals surface area contributed by atoms with Crippen LogP contribution < -0.4 is 0 Å². The predicted molar refractivity (Wildman–Crippen MR) is 115 cm³/mol. The van der Waals surface area contributed by atoms with E-state index in [0.717, 1.165) is 30.8 Å². The Bertz CT molecular complexity index is 852. The van der Waals surface area contributed by atoms with E-state index in [4.69, 9.17) is 4.74 Å². The highest BCUT2D eigenvalue weighted by Crippen LogP contribution is 2.32. The average molecular weight is 480 g/mol. The molecular formula is C21H32F3N3O4S. The molecule has 0 bridgehead atoms. The largest absolute Gasteiger partial charge is 0.416 e. The van der Waals surface area contributed by atoms with E-state index < -0.39 is 21.8 Å². The number of nitrogens with zero attached hydrogens (tertiary/aromatic N) is 3. The van der Waals surface area contributed by atoms with Gasteiger partial charge in [0.25, 0.3) is 0 Å². The van der Waals surface area contributed by atoms with Crippen LogP contribution in [0.15, 0.2) is 29.2 Å². The van der Waals surface area contributed by atoms with Crippen molar-refractivity contribution in [2.24, 2.45) is 0 Å². The molecule has 7 nitrogen and oxygen atoms in total. The first-order valence-electron chi connectivity index (χ1n) is 10.5. The molecule has 1 fully saturated rings. The molecule has 0 aromatic heterocycles. The van der Waals surface area contributed by atoms with Gasteiger partial charge in [-0.3, -0.25) is 4.79 Å². The van der Waals surface area contributed by atoms with Gasteiger partial charge in [0, 0.05) is 33.2 Å². The van der Waals surface area contributed by atoms with Gasteiger partial charge in [-0.25, -0.2) is 8.42 Å². The van der Waals surface area contributed by atoms with Crippen molar-refractivity contribution in [2.75, 3.05) is 47.9 Å². The number of carbonyl (C=O) groups is 1. The monoisotopic (exact) mass is 479 g/mol. The van der Waals surface area contributed by atoms with E-state index in [2.05, 4.69) is 0 Å². The molecular weight excluding hydrogens is 447 g/mol. The van der Waals surface area contributed by atoms with E-state index in [0.29, 0.717) is 32.2 Å². The summed E-state index contributed by atoms with van der Waals surface area (Å²) in [5, 5.41) is 0. The number of sulfonamides is 1. The van der Waals surface area contributed by atoms with Crippen LogP contribution in [0.3, 0.4) is 0 Å². The molecule has 11 heteroatoms. The first-order chi connectivity index (χ1) is 14.8. The van der Waals surface area contributed by atoms with Crippen molar-refractivity contribution in [3.63, 3.8) is 0 Å². The predicted octanol–water partition coefficient (Wildman–Crippen LogP) is 2.67. The number of alkyl halides is 3. The third kappa shape index (κ3) is 7.16. The molecule has 2 rings (SSSR count).